The average molecular weight is 382 g/mol. The number of ether oxygens (including phenoxy) is 1. The topological polar surface area (TPSA) is 72.0 Å². The van der Waals surface area contributed by atoms with Crippen molar-refractivity contribution in [2.75, 3.05) is 18.4 Å². The molecule has 0 unspecified atom stereocenters. The van der Waals surface area contributed by atoms with E-state index in [0.717, 1.165) is 61.0 Å². The van der Waals surface area contributed by atoms with Crippen molar-refractivity contribution < 1.29 is 4.74 Å². The molecule has 5 rings (SSSR count). The number of para-hydroxylation sites is 1. The van der Waals surface area contributed by atoms with Gasteiger partial charge in [0.1, 0.15) is 11.8 Å². The van der Waals surface area contributed by atoms with Gasteiger partial charge in [0.15, 0.2) is 5.13 Å². The SMILES string of the molecule is c1ccc2sc(NC3CC(Oc4nccnc4C4CCNCC4)C3)nc2c1. The number of nitrogens with one attached hydrogen (secondary N) is 2. The molecule has 2 N–H and O–H groups in total. The molecular formula is C20H23N5OS. The van der Waals surface area contributed by atoms with Crippen molar-refractivity contribution in [3.8, 4) is 5.88 Å². The Kier molecular flexibility index (Phi) is 4.63. The van der Waals surface area contributed by atoms with Crippen LogP contribution in [0.1, 0.15) is 37.3 Å². The molecule has 1 aliphatic heterocycles. The molecule has 2 aromatic heterocycles. The summed E-state index contributed by atoms with van der Waals surface area (Å²) in [7, 11) is 0. The second-order valence-electron chi connectivity index (χ2n) is 7.31. The molecule has 1 saturated heterocycles. The van der Waals surface area contributed by atoms with Crippen LogP contribution in [0.4, 0.5) is 5.13 Å². The predicted molar refractivity (Wildman–Crippen MR) is 108 cm³/mol. The summed E-state index contributed by atoms with van der Waals surface area (Å²) in [4.78, 5) is 13.7. The highest BCUT2D eigenvalue weighted by atomic mass is 32.1. The van der Waals surface area contributed by atoms with Gasteiger partial charge < -0.3 is 15.4 Å². The van der Waals surface area contributed by atoms with E-state index in [2.05, 4.69) is 43.8 Å². The van der Waals surface area contributed by atoms with Crippen LogP contribution in [0.15, 0.2) is 36.7 Å². The summed E-state index contributed by atoms with van der Waals surface area (Å²) in [5.74, 6) is 1.18. The van der Waals surface area contributed by atoms with Gasteiger partial charge in [0.25, 0.3) is 0 Å². The highest BCUT2D eigenvalue weighted by Gasteiger charge is 2.33. The number of nitrogens with zero attached hydrogens (tertiary/aromatic N) is 3. The fraction of sp³-hybridized carbons (Fsp3) is 0.450. The second-order valence-corrected chi connectivity index (χ2v) is 8.34. The zero-order valence-electron chi connectivity index (χ0n) is 15.1. The molecule has 7 heteroatoms. The molecule has 6 nitrogen and oxygen atoms in total. The maximum Gasteiger partial charge on any atom is 0.236 e. The Hall–Kier alpha value is -2.25. The predicted octanol–water partition coefficient (Wildman–Crippen LogP) is 3.58. The van der Waals surface area contributed by atoms with E-state index in [0.29, 0.717) is 12.0 Å². The standard InChI is InChI=1S/C20H23N5OS/c1-2-4-17-16(3-1)25-20(27-17)24-14-11-15(12-14)26-19-18(22-9-10-23-19)13-5-7-21-8-6-13/h1-4,9-10,13-15,21H,5-8,11-12H2,(H,24,25). The number of benzene rings is 1. The molecule has 0 amide bonds. The zero-order valence-corrected chi connectivity index (χ0v) is 15.9. The zero-order chi connectivity index (χ0) is 18.1. The quantitative estimate of drug-likeness (QED) is 0.704. The van der Waals surface area contributed by atoms with Crippen molar-refractivity contribution in [1.82, 2.24) is 20.3 Å². The van der Waals surface area contributed by atoms with Gasteiger partial charge in [-0.1, -0.05) is 23.5 Å². The van der Waals surface area contributed by atoms with Crippen LogP contribution in [0.25, 0.3) is 10.2 Å². The maximum absolute atomic E-state index is 6.21. The lowest BCUT2D eigenvalue weighted by molar-refractivity contribution is 0.0998. The molecule has 3 aromatic rings. The fourth-order valence-corrected chi connectivity index (χ4v) is 4.79. The van der Waals surface area contributed by atoms with Crippen molar-refractivity contribution in [3.05, 3.63) is 42.4 Å². The Labute approximate surface area is 162 Å². The number of aromatic nitrogens is 3. The summed E-state index contributed by atoms with van der Waals surface area (Å²) in [5, 5.41) is 7.94. The average Bonchev–Trinajstić information content (AvgIpc) is 3.10. The molecule has 3 heterocycles. The highest BCUT2D eigenvalue weighted by molar-refractivity contribution is 7.22. The second kappa shape index (κ2) is 7.40. The summed E-state index contributed by atoms with van der Waals surface area (Å²) < 4.78 is 7.43. The van der Waals surface area contributed by atoms with Gasteiger partial charge >= 0.3 is 0 Å². The Balaban J connectivity index is 1.19. The molecule has 1 aromatic carbocycles. The van der Waals surface area contributed by atoms with Crippen LogP contribution in [-0.4, -0.2) is 40.2 Å². The first kappa shape index (κ1) is 16.9. The van der Waals surface area contributed by atoms with Gasteiger partial charge in [-0.15, -0.1) is 0 Å². The Morgan fingerprint density at radius 1 is 1.07 bits per heavy atom. The minimum atomic E-state index is 0.203. The third-order valence-corrected chi connectivity index (χ3v) is 6.38. The third kappa shape index (κ3) is 3.61. The van der Waals surface area contributed by atoms with Crippen LogP contribution in [0, 0.1) is 0 Å². The van der Waals surface area contributed by atoms with E-state index in [1.807, 2.05) is 6.07 Å². The molecular weight excluding hydrogens is 358 g/mol. The van der Waals surface area contributed by atoms with Gasteiger partial charge in [0.05, 0.1) is 10.2 Å². The maximum atomic E-state index is 6.21. The summed E-state index contributed by atoms with van der Waals surface area (Å²) in [6.45, 7) is 2.08. The van der Waals surface area contributed by atoms with Gasteiger partial charge in [-0.25, -0.2) is 9.97 Å². The molecule has 0 bridgehead atoms. The summed E-state index contributed by atoms with van der Waals surface area (Å²) in [5.41, 5.74) is 2.09. The molecule has 0 radical (unpaired) electrons. The monoisotopic (exact) mass is 381 g/mol. The number of piperidine rings is 1. The summed E-state index contributed by atoms with van der Waals surface area (Å²) in [6.07, 6.45) is 7.85. The van der Waals surface area contributed by atoms with Gasteiger partial charge in [-0.2, -0.15) is 0 Å². The van der Waals surface area contributed by atoms with Crippen LogP contribution in [0.3, 0.4) is 0 Å². The van der Waals surface area contributed by atoms with E-state index >= 15 is 0 Å². The summed E-state index contributed by atoms with van der Waals surface area (Å²) in [6, 6.07) is 8.66. The Morgan fingerprint density at radius 3 is 2.74 bits per heavy atom. The van der Waals surface area contributed by atoms with E-state index in [1.54, 1.807) is 23.7 Å². The van der Waals surface area contributed by atoms with Crippen LogP contribution in [0.5, 0.6) is 5.88 Å². The van der Waals surface area contributed by atoms with E-state index in [1.165, 1.54) is 4.70 Å². The molecule has 0 atom stereocenters. The molecule has 140 valence electrons. The van der Waals surface area contributed by atoms with Gasteiger partial charge in [0.2, 0.25) is 5.88 Å². The summed E-state index contributed by atoms with van der Waals surface area (Å²) >= 11 is 1.71. The van der Waals surface area contributed by atoms with Crippen LogP contribution >= 0.6 is 11.3 Å². The number of fused-ring (bicyclic) bond motifs is 1. The number of hydrogen-bond donors (Lipinski definition) is 2. The lowest BCUT2D eigenvalue weighted by Crippen LogP contribution is -2.43. The number of anilines is 1. The molecule has 2 aliphatic rings. The lowest BCUT2D eigenvalue weighted by atomic mass is 9.89. The highest BCUT2D eigenvalue weighted by Crippen LogP contribution is 2.34. The fourth-order valence-electron chi connectivity index (χ4n) is 3.85. The van der Waals surface area contributed by atoms with Crippen LogP contribution < -0.4 is 15.4 Å². The molecule has 1 aliphatic carbocycles. The smallest absolute Gasteiger partial charge is 0.236 e. The number of hydrogen-bond acceptors (Lipinski definition) is 7. The number of rotatable bonds is 5. The van der Waals surface area contributed by atoms with Gasteiger partial charge in [-0.05, 0) is 38.1 Å². The Morgan fingerprint density at radius 2 is 1.89 bits per heavy atom. The van der Waals surface area contributed by atoms with Gasteiger partial charge in [0, 0.05) is 37.2 Å². The van der Waals surface area contributed by atoms with E-state index in [-0.39, 0.29) is 6.10 Å². The third-order valence-electron chi connectivity index (χ3n) is 5.41. The first-order chi connectivity index (χ1) is 13.3. The molecule has 27 heavy (non-hydrogen) atoms. The molecule has 0 spiro atoms. The van der Waals surface area contributed by atoms with Crippen LogP contribution in [-0.2, 0) is 0 Å². The normalized spacial score (nSPS) is 23.1. The van der Waals surface area contributed by atoms with Crippen molar-refractivity contribution in [1.29, 1.82) is 0 Å². The lowest BCUT2D eigenvalue weighted by Gasteiger charge is -2.36. The van der Waals surface area contributed by atoms with Crippen molar-refractivity contribution in [3.63, 3.8) is 0 Å². The molecule has 2 fully saturated rings. The van der Waals surface area contributed by atoms with E-state index in [4.69, 9.17) is 4.74 Å². The number of thiazole rings is 1. The van der Waals surface area contributed by atoms with E-state index < -0.39 is 0 Å². The largest absolute Gasteiger partial charge is 0.473 e. The Bertz CT molecular complexity index is 884. The van der Waals surface area contributed by atoms with Crippen molar-refractivity contribution in [2.24, 2.45) is 0 Å². The van der Waals surface area contributed by atoms with Crippen molar-refractivity contribution in [2.45, 2.75) is 43.7 Å². The van der Waals surface area contributed by atoms with Gasteiger partial charge in [-0.3, -0.25) is 4.98 Å². The van der Waals surface area contributed by atoms with Crippen molar-refractivity contribution >= 4 is 26.7 Å². The minimum Gasteiger partial charge on any atom is -0.473 e. The van der Waals surface area contributed by atoms with Crippen LogP contribution in [0.2, 0.25) is 0 Å². The van der Waals surface area contributed by atoms with E-state index in [9.17, 15) is 0 Å². The minimum absolute atomic E-state index is 0.203. The first-order valence-electron chi connectivity index (χ1n) is 9.65. The molecule has 1 saturated carbocycles. The first-order valence-corrected chi connectivity index (χ1v) is 10.5.